The largest absolute Gasteiger partial charge is 0.287 e. The van der Waals surface area contributed by atoms with Crippen LogP contribution in [0.2, 0.25) is 0 Å². The minimum absolute atomic E-state index is 0.904. The zero-order valence-corrected chi connectivity index (χ0v) is 15.5. The van der Waals surface area contributed by atoms with E-state index in [-0.39, 0.29) is 0 Å². The fourth-order valence-corrected chi connectivity index (χ4v) is 3.48. The lowest BCUT2D eigenvalue weighted by Gasteiger charge is -2.12. The van der Waals surface area contributed by atoms with Gasteiger partial charge in [0.2, 0.25) is 0 Å². The molecule has 0 saturated heterocycles. The molecule has 0 radical (unpaired) electrons. The van der Waals surface area contributed by atoms with Crippen molar-refractivity contribution in [3.05, 3.63) is 71.9 Å². The predicted molar refractivity (Wildman–Crippen MR) is 104 cm³/mol. The van der Waals surface area contributed by atoms with Crippen molar-refractivity contribution in [2.75, 3.05) is 0 Å². The van der Waals surface area contributed by atoms with Gasteiger partial charge in [0.05, 0.1) is 18.1 Å². The standard InChI is InChI=1S/C22H21N4/c1-14-9-15(2)16(3)19(10-14)22-18-6-5-17(20-7-8-23-12-24-20)11-21(18)25-13-26(22)4/h5-13H,1-4H3/q+1. The molecule has 0 aliphatic heterocycles. The van der Waals surface area contributed by atoms with Crippen molar-refractivity contribution in [2.24, 2.45) is 7.05 Å². The summed E-state index contributed by atoms with van der Waals surface area (Å²) in [5.41, 5.74) is 9.24. The van der Waals surface area contributed by atoms with Crippen LogP contribution in [-0.2, 0) is 7.05 Å². The Hall–Kier alpha value is -3.14. The molecule has 2 heterocycles. The third-order valence-electron chi connectivity index (χ3n) is 4.92. The predicted octanol–water partition coefficient (Wildman–Crippen LogP) is 4.11. The molecule has 4 aromatic rings. The molecule has 0 unspecified atom stereocenters. The molecule has 2 aromatic heterocycles. The van der Waals surface area contributed by atoms with Crippen molar-refractivity contribution in [3.8, 4) is 22.5 Å². The Morgan fingerprint density at radius 3 is 2.54 bits per heavy atom. The van der Waals surface area contributed by atoms with E-state index in [1.54, 1.807) is 12.5 Å². The second kappa shape index (κ2) is 6.30. The highest BCUT2D eigenvalue weighted by Crippen LogP contribution is 2.31. The minimum Gasteiger partial charge on any atom is -0.245 e. The average Bonchev–Trinajstić information content (AvgIpc) is 2.65. The summed E-state index contributed by atoms with van der Waals surface area (Å²) in [6.45, 7) is 6.50. The fraction of sp³-hybridized carbons (Fsp3) is 0.182. The molecular weight excluding hydrogens is 320 g/mol. The van der Waals surface area contributed by atoms with Crippen LogP contribution in [0.1, 0.15) is 16.7 Å². The van der Waals surface area contributed by atoms with Gasteiger partial charge in [-0.25, -0.2) is 14.5 Å². The monoisotopic (exact) mass is 341 g/mol. The van der Waals surface area contributed by atoms with Crippen molar-refractivity contribution in [1.82, 2.24) is 15.0 Å². The number of hydrogen-bond donors (Lipinski definition) is 0. The number of nitrogens with zero attached hydrogens (tertiary/aromatic N) is 4. The first-order chi connectivity index (χ1) is 12.5. The van der Waals surface area contributed by atoms with E-state index in [1.165, 1.54) is 27.9 Å². The summed E-state index contributed by atoms with van der Waals surface area (Å²) in [5.74, 6) is 0. The molecular formula is C22H21N4+. The maximum Gasteiger partial charge on any atom is 0.287 e. The molecule has 0 fully saturated rings. The second-order valence-corrected chi connectivity index (χ2v) is 6.79. The third-order valence-corrected chi connectivity index (χ3v) is 4.92. The van der Waals surface area contributed by atoms with Crippen LogP contribution in [0.25, 0.3) is 33.4 Å². The molecule has 0 aliphatic carbocycles. The molecule has 26 heavy (non-hydrogen) atoms. The topological polar surface area (TPSA) is 42.6 Å². The van der Waals surface area contributed by atoms with Crippen molar-refractivity contribution in [2.45, 2.75) is 20.8 Å². The summed E-state index contributed by atoms with van der Waals surface area (Å²) in [4.78, 5) is 13.0. The van der Waals surface area contributed by atoms with Gasteiger partial charge >= 0.3 is 0 Å². The number of hydrogen-bond acceptors (Lipinski definition) is 3. The zero-order valence-electron chi connectivity index (χ0n) is 15.5. The molecule has 0 spiro atoms. The average molecular weight is 341 g/mol. The molecule has 4 heteroatoms. The molecule has 0 N–H and O–H groups in total. The van der Waals surface area contributed by atoms with E-state index in [1.807, 2.05) is 12.4 Å². The summed E-state index contributed by atoms with van der Waals surface area (Å²) in [6, 6.07) is 12.8. The van der Waals surface area contributed by atoms with Gasteiger partial charge in [0, 0.05) is 17.3 Å². The van der Waals surface area contributed by atoms with Crippen LogP contribution in [0, 0.1) is 20.8 Å². The van der Waals surface area contributed by atoms with Gasteiger partial charge in [0.1, 0.15) is 12.0 Å². The lowest BCUT2D eigenvalue weighted by atomic mass is 9.95. The lowest BCUT2D eigenvalue weighted by molar-refractivity contribution is -0.662. The minimum atomic E-state index is 0.904. The highest BCUT2D eigenvalue weighted by molar-refractivity contribution is 5.93. The summed E-state index contributed by atoms with van der Waals surface area (Å²) in [6.07, 6.45) is 5.22. The quantitative estimate of drug-likeness (QED) is 0.515. The van der Waals surface area contributed by atoms with E-state index in [4.69, 9.17) is 0 Å². The second-order valence-electron chi connectivity index (χ2n) is 6.79. The van der Waals surface area contributed by atoms with Crippen molar-refractivity contribution >= 4 is 10.9 Å². The van der Waals surface area contributed by atoms with Crippen LogP contribution in [0.4, 0.5) is 0 Å². The van der Waals surface area contributed by atoms with Gasteiger partial charge in [-0.3, -0.25) is 0 Å². The van der Waals surface area contributed by atoms with Crippen LogP contribution < -0.4 is 4.57 Å². The molecule has 4 nitrogen and oxygen atoms in total. The van der Waals surface area contributed by atoms with Crippen LogP contribution in [0.5, 0.6) is 0 Å². The van der Waals surface area contributed by atoms with Crippen molar-refractivity contribution < 1.29 is 4.57 Å². The third kappa shape index (κ3) is 2.73. The van der Waals surface area contributed by atoms with Crippen LogP contribution in [0.15, 0.2) is 55.2 Å². The van der Waals surface area contributed by atoms with Gasteiger partial charge in [0.25, 0.3) is 6.33 Å². The van der Waals surface area contributed by atoms with Crippen LogP contribution in [-0.4, -0.2) is 15.0 Å². The number of benzene rings is 2. The van der Waals surface area contributed by atoms with Crippen molar-refractivity contribution in [3.63, 3.8) is 0 Å². The number of aryl methyl sites for hydroxylation is 3. The Morgan fingerprint density at radius 2 is 1.77 bits per heavy atom. The summed E-state index contributed by atoms with van der Waals surface area (Å²) in [5, 5.41) is 1.14. The maximum atomic E-state index is 4.65. The number of aromatic nitrogens is 4. The Labute approximate surface area is 153 Å². The first-order valence-corrected chi connectivity index (χ1v) is 8.67. The normalized spacial score (nSPS) is 11.1. The van der Waals surface area contributed by atoms with Gasteiger partial charge < -0.3 is 0 Å². The van der Waals surface area contributed by atoms with E-state index in [9.17, 15) is 0 Å². The first-order valence-electron chi connectivity index (χ1n) is 8.67. The molecule has 0 atom stereocenters. The van der Waals surface area contributed by atoms with E-state index in [0.29, 0.717) is 0 Å². The lowest BCUT2D eigenvalue weighted by Crippen LogP contribution is -2.32. The maximum absolute atomic E-state index is 4.65. The number of rotatable bonds is 2. The molecule has 4 rings (SSSR count). The van der Waals surface area contributed by atoms with Gasteiger partial charge in [-0.05, 0) is 61.1 Å². The Morgan fingerprint density at radius 1 is 0.923 bits per heavy atom. The van der Waals surface area contributed by atoms with E-state index < -0.39 is 0 Å². The molecule has 0 bridgehead atoms. The zero-order chi connectivity index (χ0) is 18.3. The van der Waals surface area contributed by atoms with Crippen LogP contribution in [0.3, 0.4) is 0 Å². The van der Waals surface area contributed by atoms with Crippen LogP contribution >= 0.6 is 0 Å². The summed E-state index contributed by atoms with van der Waals surface area (Å²) < 4.78 is 2.11. The van der Waals surface area contributed by atoms with Crippen molar-refractivity contribution in [1.29, 1.82) is 0 Å². The summed E-state index contributed by atoms with van der Waals surface area (Å²) in [7, 11) is 2.05. The van der Waals surface area contributed by atoms with E-state index in [2.05, 4.69) is 77.7 Å². The molecule has 2 aromatic carbocycles. The van der Waals surface area contributed by atoms with E-state index in [0.717, 1.165) is 22.2 Å². The van der Waals surface area contributed by atoms with Gasteiger partial charge in [-0.2, -0.15) is 0 Å². The Balaban J connectivity index is 1.98. The highest BCUT2D eigenvalue weighted by Gasteiger charge is 2.18. The molecule has 128 valence electrons. The molecule has 0 amide bonds. The fourth-order valence-electron chi connectivity index (χ4n) is 3.48. The summed E-state index contributed by atoms with van der Waals surface area (Å²) >= 11 is 0. The Bertz CT molecular complexity index is 1120. The smallest absolute Gasteiger partial charge is 0.245 e. The molecule has 0 aliphatic rings. The van der Waals surface area contributed by atoms with Gasteiger partial charge in [-0.15, -0.1) is 0 Å². The Kier molecular flexibility index (Phi) is 3.96. The SMILES string of the molecule is Cc1cc(C)c(C)c(-c2c3ccc(-c4ccncn4)cc3nc[n+]2C)c1. The highest BCUT2D eigenvalue weighted by atomic mass is 15.0. The molecule has 0 saturated carbocycles. The van der Waals surface area contributed by atoms with Gasteiger partial charge in [-0.1, -0.05) is 17.7 Å². The number of fused-ring (bicyclic) bond motifs is 1. The first kappa shape index (κ1) is 16.3. The van der Waals surface area contributed by atoms with Gasteiger partial charge in [0.15, 0.2) is 5.52 Å². The van der Waals surface area contributed by atoms with E-state index >= 15 is 0 Å².